The number of nitrogens with one attached hydrogen (secondary N) is 2. The molecule has 1 aliphatic rings. The van der Waals surface area contributed by atoms with Gasteiger partial charge in [0.1, 0.15) is 0 Å². The second-order valence-electron chi connectivity index (χ2n) is 4.01. The molecular weight excluding hydrogens is 192 g/mol. The van der Waals surface area contributed by atoms with Crippen LogP contribution in [0, 0.1) is 0 Å². The SMILES string of the molecule is CCCNCCCOC(=O)NC1CCC1. The Labute approximate surface area is 91.8 Å². The van der Waals surface area contributed by atoms with E-state index in [0.29, 0.717) is 12.6 Å². The minimum absolute atomic E-state index is 0.254. The molecule has 0 unspecified atom stereocenters. The summed E-state index contributed by atoms with van der Waals surface area (Å²) in [5.74, 6) is 0. The zero-order valence-electron chi connectivity index (χ0n) is 9.55. The zero-order chi connectivity index (χ0) is 10.9. The Morgan fingerprint density at radius 3 is 2.80 bits per heavy atom. The number of carbonyl (C=O) groups excluding carboxylic acids is 1. The summed E-state index contributed by atoms with van der Waals surface area (Å²) in [7, 11) is 0. The Bertz CT molecular complexity index is 181. The van der Waals surface area contributed by atoms with Crippen LogP contribution in [-0.2, 0) is 4.74 Å². The van der Waals surface area contributed by atoms with Gasteiger partial charge in [-0.1, -0.05) is 6.92 Å². The minimum atomic E-state index is -0.254. The molecule has 1 fully saturated rings. The smallest absolute Gasteiger partial charge is 0.407 e. The van der Waals surface area contributed by atoms with Crippen LogP contribution in [0.3, 0.4) is 0 Å². The summed E-state index contributed by atoms with van der Waals surface area (Å²) in [4.78, 5) is 11.2. The van der Waals surface area contributed by atoms with Gasteiger partial charge in [0, 0.05) is 6.04 Å². The average molecular weight is 214 g/mol. The van der Waals surface area contributed by atoms with Gasteiger partial charge >= 0.3 is 6.09 Å². The van der Waals surface area contributed by atoms with Gasteiger partial charge in [-0.15, -0.1) is 0 Å². The normalized spacial score (nSPS) is 15.8. The Kier molecular flexibility index (Phi) is 6.16. The molecule has 0 aromatic carbocycles. The molecule has 0 saturated heterocycles. The molecule has 0 heterocycles. The summed E-state index contributed by atoms with van der Waals surface area (Å²) < 4.78 is 5.04. The Morgan fingerprint density at radius 2 is 2.20 bits per heavy atom. The van der Waals surface area contributed by atoms with Crippen molar-refractivity contribution in [1.82, 2.24) is 10.6 Å². The van der Waals surface area contributed by atoms with Crippen molar-refractivity contribution in [2.24, 2.45) is 0 Å². The van der Waals surface area contributed by atoms with E-state index in [1.54, 1.807) is 0 Å². The van der Waals surface area contributed by atoms with Crippen LogP contribution in [0.2, 0.25) is 0 Å². The Hall–Kier alpha value is -0.770. The molecule has 15 heavy (non-hydrogen) atoms. The van der Waals surface area contributed by atoms with E-state index in [2.05, 4.69) is 17.6 Å². The lowest BCUT2D eigenvalue weighted by atomic mass is 9.93. The van der Waals surface area contributed by atoms with Crippen molar-refractivity contribution in [1.29, 1.82) is 0 Å². The van der Waals surface area contributed by atoms with Gasteiger partial charge in [0.15, 0.2) is 0 Å². The number of hydrogen-bond acceptors (Lipinski definition) is 3. The predicted octanol–water partition coefficient (Wildman–Crippen LogP) is 1.65. The van der Waals surface area contributed by atoms with Gasteiger partial charge < -0.3 is 15.4 Å². The van der Waals surface area contributed by atoms with Gasteiger partial charge in [-0.3, -0.25) is 0 Å². The quantitative estimate of drug-likeness (QED) is 0.634. The number of hydrogen-bond donors (Lipinski definition) is 2. The van der Waals surface area contributed by atoms with E-state index in [1.807, 2.05) is 0 Å². The molecule has 0 atom stereocenters. The molecule has 2 N–H and O–H groups in total. The first-order valence-electron chi connectivity index (χ1n) is 5.97. The van der Waals surface area contributed by atoms with E-state index in [4.69, 9.17) is 4.74 Å². The van der Waals surface area contributed by atoms with Crippen molar-refractivity contribution in [2.75, 3.05) is 19.7 Å². The van der Waals surface area contributed by atoms with E-state index >= 15 is 0 Å². The van der Waals surface area contributed by atoms with Crippen LogP contribution in [0.1, 0.15) is 39.0 Å². The number of amides is 1. The monoisotopic (exact) mass is 214 g/mol. The maximum absolute atomic E-state index is 11.2. The highest BCUT2D eigenvalue weighted by atomic mass is 16.5. The molecular formula is C11H22N2O2. The summed E-state index contributed by atoms with van der Waals surface area (Å²) in [5, 5.41) is 6.10. The highest BCUT2D eigenvalue weighted by Gasteiger charge is 2.19. The topological polar surface area (TPSA) is 50.4 Å². The van der Waals surface area contributed by atoms with Crippen LogP contribution in [0.4, 0.5) is 4.79 Å². The van der Waals surface area contributed by atoms with Gasteiger partial charge in [0.25, 0.3) is 0 Å². The van der Waals surface area contributed by atoms with Crippen molar-refractivity contribution >= 4 is 6.09 Å². The van der Waals surface area contributed by atoms with Crippen LogP contribution >= 0.6 is 0 Å². The molecule has 0 bridgehead atoms. The van der Waals surface area contributed by atoms with E-state index in [-0.39, 0.29) is 6.09 Å². The van der Waals surface area contributed by atoms with Crippen molar-refractivity contribution in [2.45, 2.75) is 45.1 Å². The average Bonchev–Trinajstić information content (AvgIpc) is 2.17. The third-order valence-corrected chi connectivity index (χ3v) is 2.58. The van der Waals surface area contributed by atoms with Crippen LogP contribution in [0.5, 0.6) is 0 Å². The third kappa shape index (κ3) is 5.62. The van der Waals surface area contributed by atoms with E-state index in [9.17, 15) is 4.79 Å². The lowest BCUT2D eigenvalue weighted by Gasteiger charge is -2.25. The molecule has 88 valence electrons. The van der Waals surface area contributed by atoms with Gasteiger partial charge in [-0.25, -0.2) is 4.79 Å². The molecule has 1 rings (SSSR count). The number of rotatable bonds is 7. The Morgan fingerprint density at radius 1 is 1.40 bits per heavy atom. The lowest BCUT2D eigenvalue weighted by molar-refractivity contribution is 0.135. The van der Waals surface area contributed by atoms with Crippen LogP contribution in [0.25, 0.3) is 0 Å². The number of ether oxygens (including phenoxy) is 1. The molecule has 4 nitrogen and oxygen atoms in total. The van der Waals surface area contributed by atoms with E-state index in [0.717, 1.165) is 38.8 Å². The standard InChI is InChI=1S/C11H22N2O2/c1-2-7-12-8-4-9-15-11(14)13-10-5-3-6-10/h10,12H,2-9H2,1H3,(H,13,14). The maximum atomic E-state index is 11.2. The highest BCUT2D eigenvalue weighted by Crippen LogP contribution is 2.17. The predicted molar refractivity (Wildman–Crippen MR) is 59.9 cm³/mol. The fourth-order valence-corrected chi connectivity index (χ4v) is 1.42. The fourth-order valence-electron chi connectivity index (χ4n) is 1.42. The largest absolute Gasteiger partial charge is 0.450 e. The number of carbonyl (C=O) groups is 1. The molecule has 0 aromatic rings. The first-order chi connectivity index (χ1) is 7.33. The molecule has 0 aliphatic heterocycles. The van der Waals surface area contributed by atoms with Crippen LogP contribution in [0.15, 0.2) is 0 Å². The third-order valence-electron chi connectivity index (χ3n) is 2.58. The summed E-state index contributed by atoms with van der Waals surface area (Å²) in [6.45, 7) is 4.60. The van der Waals surface area contributed by atoms with Crippen molar-refractivity contribution in [3.05, 3.63) is 0 Å². The van der Waals surface area contributed by atoms with Gasteiger partial charge in [0.2, 0.25) is 0 Å². The first kappa shape index (κ1) is 12.3. The van der Waals surface area contributed by atoms with Crippen molar-refractivity contribution < 1.29 is 9.53 Å². The van der Waals surface area contributed by atoms with Crippen LogP contribution in [-0.4, -0.2) is 31.8 Å². The number of alkyl carbamates (subject to hydrolysis) is 1. The molecule has 0 aromatic heterocycles. The van der Waals surface area contributed by atoms with E-state index in [1.165, 1.54) is 6.42 Å². The summed E-state index contributed by atoms with van der Waals surface area (Å²) in [5.41, 5.74) is 0. The molecule has 1 aliphatic carbocycles. The summed E-state index contributed by atoms with van der Waals surface area (Å²) >= 11 is 0. The zero-order valence-corrected chi connectivity index (χ0v) is 9.55. The Balaban J connectivity index is 1.83. The van der Waals surface area contributed by atoms with Crippen LogP contribution < -0.4 is 10.6 Å². The maximum Gasteiger partial charge on any atom is 0.407 e. The molecule has 4 heteroatoms. The molecule has 0 radical (unpaired) electrons. The summed E-state index contributed by atoms with van der Waals surface area (Å²) in [6, 6.07) is 0.371. The minimum Gasteiger partial charge on any atom is -0.450 e. The van der Waals surface area contributed by atoms with Gasteiger partial charge in [-0.2, -0.15) is 0 Å². The summed E-state index contributed by atoms with van der Waals surface area (Å²) in [6.07, 6.45) is 5.21. The second-order valence-corrected chi connectivity index (χ2v) is 4.01. The molecule has 1 saturated carbocycles. The first-order valence-corrected chi connectivity index (χ1v) is 5.97. The molecule has 1 amide bonds. The molecule has 0 spiro atoms. The van der Waals surface area contributed by atoms with Crippen molar-refractivity contribution in [3.8, 4) is 0 Å². The highest BCUT2D eigenvalue weighted by molar-refractivity contribution is 5.67. The lowest BCUT2D eigenvalue weighted by Crippen LogP contribution is -2.40. The van der Waals surface area contributed by atoms with Crippen molar-refractivity contribution in [3.63, 3.8) is 0 Å². The second kappa shape index (κ2) is 7.51. The fraction of sp³-hybridized carbons (Fsp3) is 0.909. The van der Waals surface area contributed by atoms with E-state index < -0.39 is 0 Å². The van der Waals surface area contributed by atoms with Gasteiger partial charge in [0.05, 0.1) is 6.61 Å². The van der Waals surface area contributed by atoms with Gasteiger partial charge in [-0.05, 0) is 45.2 Å².